The van der Waals surface area contributed by atoms with E-state index in [4.69, 9.17) is 33.4 Å². The number of ketones is 1. The molecule has 3 aromatic rings. The lowest BCUT2D eigenvalue weighted by Crippen LogP contribution is -2.44. The Morgan fingerprint density at radius 3 is 2.29 bits per heavy atom. The number of aliphatic hydroxyl groups is 1. The zero-order chi connectivity index (χ0) is 35.0. The predicted molar refractivity (Wildman–Crippen MR) is 177 cm³/mol. The van der Waals surface area contributed by atoms with E-state index >= 15 is 0 Å². The van der Waals surface area contributed by atoms with Crippen LogP contribution in [-0.4, -0.2) is 91.9 Å². The van der Waals surface area contributed by atoms with Crippen LogP contribution in [0.25, 0.3) is 22.3 Å². The van der Waals surface area contributed by atoms with Gasteiger partial charge in [0.25, 0.3) is 5.56 Å². The number of carbonyl (C=O) groups excluding carboxylic acids is 3. The fraction of sp³-hybridized carbons (Fsp3) is 0.514. The van der Waals surface area contributed by atoms with Gasteiger partial charge in [-0.3, -0.25) is 9.59 Å². The lowest BCUT2D eigenvalue weighted by Gasteiger charge is -2.31. The Hall–Kier alpha value is -4.21. The van der Waals surface area contributed by atoms with E-state index in [2.05, 4.69) is 5.32 Å². The Labute approximate surface area is 283 Å². The molecule has 1 aromatic carbocycles. The first kappa shape index (κ1) is 36.1. The van der Waals surface area contributed by atoms with Gasteiger partial charge in [0, 0.05) is 29.5 Å². The smallest absolute Gasteiger partial charge is 0.412 e. The van der Waals surface area contributed by atoms with Crippen molar-refractivity contribution in [3.05, 3.63) is 56.9 Å². The topological polar surface area (TPSA) is 174 Å². The van der Waals surface area contributed by atoms with Crippen molar-refractivity contribution in [2.45, 2.75) is 58.8 Å². The van der Waals surface area contributed by atoms with E-state index < -0.39 is 17.7 Å². The summed E-state index contributed by atoms with van der Waals surface area (Å²) in [4.78, 5) is 54.2. The molecule has 1 amide bonds. The molecule has 2 aliphatic rings. The number of esters is 1. The number of aryl methyl sites for hydroxylation is 1. The normalized spacial score (nSPS) is 16.2. The zero-order valence-electron chi connectivity index (χ0n) is 28.1. The van der Waals surface area contributed by atoms with E-state index in [0.29, 0.717) is 81.7 Å². The largest absolute Gasteiger partial charge is 0.458 e. The molecule has 0 saturated heterocycles. The van der Waals surface area contributed by atoms with Crippen LogP contribution in [0.5, 0.6) is 5.75 Å². The van der Waals surface area contributed by atoms with Gasteiger partial charge >= 0.3 is 12.1 Å². The van der Waals surface area contributed by atoms with Gasteiger partial charge in [-0.05, 0) is 49.6 Å². The Balaban J connectivity index is 1.10. The van der Waals surface area contributed by atoms with Gasteiger partial charge in [-0.2, -0.15) is 0 Å². The number of cyclic esters (lactones) is 1. The Bertz CT molecular complexity index is 1760. The van der Waals surface area contributed by atoms with Gasteiger partial charge in [0.1, 0.15) is 18.1 Å². The monoisotopic (exact) mass is 681 g/mol. The first-order valence-corrected chi connectivity index (χ1v) is 16.6. The second kappa shape index (κ2) is 16.5. The summed E-state index contributed by atoms with van der Waals surface area (Å²) in [6, 6.07) is 6.87. The van der Waals surface area contributed by atoms with E-state index in [0.717, 1.165) is 16.5 Å². The van der Waals surface area contributed by atoms with E-state index in [1.807, 2.05) is 6.92 Å². The third-order valence-corrected chi connectivity index (χ3v) is 8.57. The van der Waals surface area contributed by atoms with E-state index in [1.54, 1.807) is 35.8 Å². The minimum absolute atomic E-state index is 0.0680. The number of ether oxygens (including phenoxy) is 6. The van der Waals surface area contributed by atoms with Gasteiger partial charge in [0.2, 0.25) is 0 Å². The van der Waals surface area contributed by atoms with Crippen LogP contribution in [0, 0.1) is 0 Å². The van der Waals surface area contributed by atoms with Crippen molar-refractivity contribution in [2.24, 2.45) is 0 Å². The van der Waals surface area contributed by atoms with Crippen molar-refractivity contribution in [1.29, 1.82) is 0 Å². The van der Waals surface area contributed by atoms with Crippen molar-refractivity contribution >= 4 is 28.7 Å². The number of nitrogens with one attached hydrogen (secondary N) is 1. The minimum Gasteiger partial charge on any atom is -0.458 e. The van der Waals surface area contributed by atoms with Crippen LogP contribution in [0.3, 0.4) is 0 Å². The fourth-order valence-electron chi connectivity index (χ4n) is 5.95. The highest BCUT2D eigenvalue weighted by atomic mass is 16.6. The average molecular weight is 682 g/mol. The summed E-state index contributed by atoms with van der Waals surface area (Å²) in [6.45, 7) is 8.67. The minimum atomic E-state index is -1.89. The van der Waals surface area contributed by atoms with Crippen LogP contribution < -0.4 is 15.6 Å². The highest BCUT2D eigenvalue weighted by Gasteiger charge is 2.45. The second-order valence-electron chi connectivity index (χ2n) is 11.8. The average Bonchev–Trinajstić information content (AvgIpc) is 3.45. The van der Waals surface area contributed by atoms with Crippen LogP contribution in [0.15, 0.2) is 29.1 Å². The molecule has 2 N–H and O–H groups in total. The molecule has 2 aromatic heterocycles. The van der Waals surface area contributed by atoms with Crippen molar-refractivity contribution in [3.8, 4) is 17.1 Å². The number of Topliss-reactive ketones (excluding diaryl/α,β-unsaturated/α-hetero) is 1. The van der Waals surface area contributed by atoms with E-state index in [1.165, 1.54) is 6.92 Å². The molecule has 5 rings (SSSR count). The van der Waals surface area contributed by atoms with Gasteiger partial charge in [0.15, 0.2) is 5.60 Å². The molecule has 0 saturated carbocycles. The molecule has 2 aliphatic heterocycles. The standard InChI is InChI=1S/C35H43N3O11/c1-4-24-25-18-23(49-34(42)36-9-11-45-13-15-47-17-16-46-14-12-44-10-8-22(3)39)6-7-29(25)37-31-26(24)20-38-30(31)19-28-27(32(38)40)21-48-33(41)35(28,43)5-2/h6-7,18-19,43H,4-5,8-17,20-21H2,1-3H3,(H,36,42)/t35-/m0/s1. The number of pyridine rings is 2. The first-order valence-electron chi connectivity index (χ1n) is 16.6. The third-order valence-electron chi connectivity index (χ3n) is 8.57. The molecule has 14 heteroatoms. The molecule has 0 spiro atoms. The van der Waals surface area contributed by atoms with Crippen LogP contribution in [0.1, 0.15) is 55.9 Å². The zero-order valence-corrected chi connectivity index (χ0v) is 28.1. The van der Waals surface area contributed by atoms with Gasteiger partial charge < -0.3 is 43.4 Å². The lowest BCUT2D eigenvalue weighted by atomic mass is 9.86. The maximum Gasteiger partial charge on any atom is 0.412 e. The number of amides is 1. The van der Waals surface area contributed by atoms with Crippen LogP contribution >= 0.6 is 0 Å². The molecule has 264 valence electrons. The van der Waals surface area contributed by atoms with Gasteiger partial charge in [-0.25, -0.2) is 14.6 Å². The molecule has 0 radical (unpaired) electrons. The Kier molecular flexibility index (Phi) is 12.1. The molecule has 14 nitrogen and oxygen atoms in total. The number of aromatic nitrogens is 2. The summed E-state index contributed by atoms with van der Waals surface area (Å²) in [5.74, 6) is -0.326. The van der Waals surface area contributed by atoms with Gasteiger partial charge in [0.05, 0.1) is 81.9 Å². The van der Waals surface area contributed by atoms with Crippen molar-refractivity contribution < 1.29 is 47.9 Å². The van der Waals surface area contributed by atoms with Crippen molar-refractivity contribution in [1.82, 2.24) is 14.9 Å². The van der Waals surface area contributed by atoms with E-state index in [9.17, 15) is 24.3 Å². The van der Waals surface area contributed by atoms with Crippen LogP contribution in [0.2, 0.25) is 0 Å². The molecule has 49 heavy (non-hydrogen) atoms. The lowest BCUT2D eigenvalue weighted by molar-refractivity contribution is -0.172. The van der Waals surface area contributed by atoms with Crippen LogP contribution in [0.4, 0.5) is 4.79 Å². The van der Waals surface area contributed by atoms with E-state index in [-0.39, 0.29) is 55.2 Å². The molecular weight excluding hydrogens is 638 g/mol. The van der Waals surface area contributed by atoms with Crippen LogP contribution in [-0.2, 0) is 58.4 Å². The maximum absolute atomic E-state index is 13.5. The number of nitrogens with zero attached hydrogens (tertiary/aromatic N) is 2. The Morgan fingerprint density at radius 2 is 1.63 bits per heavy atom. The SMILES string of the molecule is CCc1c2c(nc3ccc(OC(=O)NCCOCCOCCOCCOCCC(C)=O)cc13)-c1cc3c(c(=O)n1C2)COC(=O)[C@]3(O)CC. The second-order valence-corrected chi connectivity index (χ2v) is 11.8. The maximum atomic E-state index is 13.5. The number of benzene rings is 1. The molecule has 0 unspecified atom stereocenters. The first-order chi connectivity index (χ1) is 23.7. The van der Waals surface area contributed by atoms with Crippen molar-refractivity contribution in [2.75, 3.05) is 59.4 Å². The predicted octanol–water partition coefficient (Wildman–Crippen LogP) is 2.78. The van der Waals surface area contributed by atoms with Gasteiger partial charge in [-0.1, -0.05) is 13.8 Å². The summed E-state index contributed by atoms with van der Waals surface area (Å²) in [5, 5.41) is 14.6. The number of hydrogen-bond donors (Lipinski definition) is 2. The highest BCUT2D eigenvalue weighted by molar-refractivity contribution is 5.90. The number of rotatable bonds is 18. The Morgan fingerprint density at radius 1 is 0.959 bits per heavy atom. The summed E-state index contributed by atoms with van der Waals surface area (Å²) in [7, 11) is 0. The molecule has 1 atom stereocenters. The summed E-state index contributed by atoms with van der Waals surface area (Å²) < 4.78 is 33.9. The molecule has 0 bridgehead atoms. The van der Waals surface area contributed by atoms with Gasteiger partial charge in [-0.15, -0.1) is 0 Å². The molecular formula is C35H43N3O11. The molecule has 0 fully saturated rings. The summed E-state index contributed by atoms with van der Waals surface area (Å²) in [6.07, 6.45) is 0.480. The number of carbonyl (C=O) groups is 3. The number of hydrogen-bond acceptors (Lipinski definition) is 12. The highest BCUT2D eigenvalue weighted by Crippen LogP contribution is 2.40. The summed E-state index contributed by atoms with van der Waals surface area (Å²) in [5.41, 5.74) is 1.97. The quantitative estimate of drug-likeness (QED) is 0.116. The third kappa shape index (κ3) is 8.16. The number of fused-ring (bicyclic) bond motifs is 5. The van der Waals surface area contributed by atoms with Crippen molar-refractivity contribution in [3.63, 3.8) is 0 Å². The molecule has 4 heterocycles. The summed E-state index contributed by atoms with van der Waals surface area (Å²) >= 11 is 0. The fourth-order valence-corrected chi connectivity index (χ4v) is 5.95. The molecule has 0 aliphatic carbocycles.